The molecule has 0 atom stereocenters. The van der Waals surface area contributed by atoms with Crippen molar-refractivity contribution >= 4 is 40.0 Å². The quantitative estimate of drug-likeness (QED) is 0.474. The van der Waals surface area contributed by atoms with Crippen molar-refractivity contribution in [2.45, 2.75) is 0 Å². The van der Waals surface area contributed by atoms with Crippen LogP contribution in [0, 0.1) is 0 Å². The summed E-state index contributed by atoms with van der Waals surface area (Å²) in [6, 6.07) is 9.56. The Kier molecular flexibility index (Phi) is 5.41. The van der Waals surface area contributed by atoms with E-state index < -0.39 is 5.97 Å². The lowest BCUT2D eigenvalue weighted by Crippen LogP contribution is -2.16. The van der Waals surface area contributed by atoms with Gasteiger partial charge in [0.05, 0.1) is 12.8 Å². The molecule has 2 aromatic heterocycles. The van der Waals surface area contributed by atoms with Crippen molar-refractivity contribution in [1.82, 2.24) is 25.2 Å². The third-order valence-electron chi connectivity index (χ3n) is 3.11. The first-order valence-electron chi connectivity index (χ1n) is 7.25. The third kappa shape index (κ3) is 4.03. The topological polar surface area (TPSA) is 107 Å². The number of hydrogen-bond acceptors (Lipinski definition) is 9. The molecule has 2 N–H and O–H groups in total. The highest BCUT2D eigenvalue weighted by atomic mass is 35.5. The summed E-state index contributed by atoms with van der Waals surface area (Å²) in [4.78, 5) is 15.9. The van der Waals surface area contributed by atoms with Gasteiger partial charge in [-0.2, -0.15) is 4.68 Å². The molecule has 11 heteroatoms. The van der Waals surface area contributed by atoms with Gasteiger partial charge < -0.3 is 15.4 Å². The summed E-state index contributed by atoms with van der Waals surface area (Å²) >= 11 is 7.05. The van der Waals surface area contributed by atoms with E-state index >= 15 is 0 Å². The molecule has 0 bridgehead atoms. The normalized spacial score (nSPS) is 10.5. The highest BCUT2D eigenvalue weighted by Gasteiger charge is 2.17. The maximum absolute atomic E-state index is 11.5. The number of nitrogens with zero attached hydrogens (tertiary/aromatic N) is 5. The number of anilines is 2. The minimum Gasteiger partial charge on any atom is -0.465 e. The third-order valence-corrected chi connectivity index (χ3v) is 4.49. The number of benzene rings is 1. The number of nitrogens with one attached hydrogen (secondary N) is 2. The number of methoxy groups -OCH3 is 1. The first-order valence-corrected chi connectivity index (χ1v) is 8.44. The molecule has 0 radical (unpaired) electrons. The van der Waals surface area contributed by atoms with E-state index in [1.54, 1.807) is 4.68 Å². The predicted molar refractivity (Wildman–Crippen MR) is 94.6 cm³/mol. The second-order valence-electron chi connectivity index (χ2n) is 4.73. The Bertz CT molecular complexity index is 852. The Labute approximate surface area is 152 Å². The first-order chi connectivity index (χ1) is 12.2. The van der Waals surface area contributed by atoms with E-state index in [0.29, 0.717) is 24.2 Å². The predicted octanol–water partition coefficient (Wildman–Crippen LogP) is 2.08. The Balaban J connectivity index is 1.55. The highest BCUT2D eigenvalue weighted by molar-refractivity contribution is 7.18. The summed E-state index contributed by atoms with van der Waals surface area (Å²) in [6.07, 6.45) is 0. The smallest absolute Gasteiger partial charge is 0.351 e. The van der Waals surface area contributed by atoms with E-state index in [9.17, 15) is 4.79 Å². The van der Waals surface area contributed by atoms with E-state index in [1.807, 2.05) is 30.3 Å². The SMILES string of the molecule is COC(=O)c1sc(NCCNc2nnnn2-c2ccccc2)nc1Cl. The average Bonchev–Trinajstić information content (AvgIpc) is 3.25. The van der Waals surface area contributed by atoms with Crippen LogP contribution in [0.2, 0.25) is 5.15 Å². The number of para-hydroxylation sites is 1. The number of esters is 1. The van der Waals surface area contributed by atoms with Crippen LogP contribution in [0.3, 0.4) is 0 Å². The number of carbonyl (C=O) groups excluding carboxylic acids is 1. The van der Waals surface area contributed by atoms with Crippen molar-refractivity contribution in [3.05, 3.63) is 40.4 Å². The van der Waals surface area contributed by atoms with Crippen LogP contribution < -0.4 is 10.6 Å². The van der Waals surface area contributed by atoms with Gasteiger partial charge in [0, 0.05) is 13.1 Å². The molecule has 25 heavy (non-hydrogen) atoms. The molecule has 0 saturated carbocycles. The van der Waals surface area contributed by atoms with Crippen molar-refractivity contribution in [1.29, 1.82) is 0 Å². The highest BCUT2D eigenvalue weighted by Crippen LogP contribution is 2.27. The number of halogens is 1. The van der Waals surface area contributed by atoms with Crippen molar-refractivity contribution in [2.24, 2.45) is 0 Å². The summed E-state index contributed by atoms with van der Waals surface area (Å²) in [6.45, 7) is 1.07. The molecule has 1 aromatic carbocycles. The van der Waals surface area contributed by atoms with E-state index in [2.05, 4.69) is 35.9 Å². The van der Waals surface area contributed by atoms with Crippen LogP contribution in [0.25, 0.3) is 5.69 Å². The second-order valence-corrected chi connectivity index (χ2v) is 6.09. The van der Waals surface area contributed by atoms with Crippen LogP contribution >= 0.6 is 22.9 Å². The van der Waals surface area contributed by atoms with Crippen LogP contribution in [0.4, 0.5) is 11.1 Å². The molecular weight excluding hydrogens is 366 g/mol. The van der Waals surface area contributed by atoms with Gasteiger partial charge in [-0.25, -0.2) is 9.78 Å². The monoisotopic (exact) mass is 379 g/mol. The van der Waals surface area contributed by atoms with Crippen LogP contribution in [-0.2, 0) is 4.74 Å². The minimum atomic E-state index is -0.504. The summed E-state index contributed by atoms with van der Waals surface area (Å²) < 4.78 is 6.25. The molecule has 0 unspecified atom stereocenters. The number of aromatic nitrogens is 5. The van der Waals surface area contributed by atoms with Crippen molar-refractivity contribution in [2.75, 3.05) is 30.8 Å². The Morgan fingerprint density at radius 3 is 2.80 bits per heavy atom. The van der Waals surface area contributed by atoms with Gasteiger partial charge >= 0.3 is 5.97 Å². The number of thiazole rings is 1. The van der Waals surface area contributed by atoms with Crippen LogP contribution in [-0.4, -0.2) is 51.4 Å². The number of carbonyl (C=O) groups is 1. The van der Waals surface area contributed by atoms with Gasteiger partial charge in [0.2, 0.25) is 5.95 Å². The molecule has 0 spiro atoms. The maximum Gasteiger partial charge on any atom is 0.351 e. The molecule has 0 saturated heterocycles. The fourth-order valence-electron chi connectivity index (χ4n) is 1.98. The number of ether oxygens (including phenoxy) is 1. The zero-order valence-electron chi connectivity index (χ0n) is 13.1. The average molecular weight is 380 g/mol. The van der Waals surface area contributed by atoms with E-state index in [-0.39, 0.29) is 10.0 Å². The first kappa shape index (κ1) is 17.1. The molecule has 0 aliphatic heterocycles. The molecule has 130 valence electrons. The lowest BCUT2D eigenvalue weighted by molar-refractivity contribution is 0.0606. The van der Waals surface area contributed by atoms with E-state index in [0.717, 1.165) is 17.0 Å². The summed E-state index contributed by atoms with van der Waals surface area (Å²) in [5.41, 5.74) is 0.859. The van der Waals surface area contributed by atoms with Gasteiger partial charge in [-0.15, -0.1) is 0 Å². The molecule has 0 aliphatic carbocycles. The Hall–Kier alpha value is -2.72. The van der Waals surface area contributed by atoms with Crippen LogP contribution in [0.1, 0.15) is 9.67 Å². The number of tetrazole rings is 1. The molecular formula is C14H14ClN7O2S. The summed E-state index contributed by atoms with van der Waals surface area (Å²) in [7, 11) is 1.30. The fraction of sp³-hybridized carbons (Fsp3) is 0.214. The van der Waals surface area contributed by atoms with Gasteiger partial charge in [0.15, 0.2) is 15.2 Å². The minimum absolute atomic E-state index is 0.125. The van der Waals surface area contributed by atoms with Crippen molar-refractivity contribution in [3.8, 4) is 5.69 Å². The molecule has 0 amide bonds. The fourth-order valence-corrected chi connectivity index (χ4v) is 3.11. The maximum atomic E-state index is 11.5. The van der Waals surface area contributed by atoms with Gasteiger partial charge in [-0.3, -0.25) is 0 Å². The van der Waals surface area contributed by atoms with Gasteiger partial charge in [-0.05, 0) is 22.6 Å². The molecule has 3 aromatic rings. The van der Waals surface area contributed by atoms with Gasteiger partial charge in [0.1, 0.15) is 0 Å². The lowest BCUT2D eigenvalue weighted by atomic mass is 10.3. The largest absolute Gasteiger partial charge is 0.465 e. The lowest BCUT2D eigenvalue weighted by Gasteiger charge is -2.07. The molecule has 2 heterocycles. The van der Waals surface area contributed by atoms with Crippen LogP contribution in [0.5, 0.6) is 0 Å². The van der Waals surface area contributed by atoms with E-state index in [4.69, 9.17) is 11.6 Å². The summed E-state index contributed by atoms with van der Waals surface area (Å²) in [5, 5.41) is 18.5. The second kappa shape index (κ2) is 7.90. The van der Waals surface area contributed by atoms with E-state index in [1.165, 1.54) is 7.11 Å². The molecule has 9 nitrogen and oxygen atoms in total. The van der Waals surface area contributed by atoms with Gasteiger partial charge in [-0.1, -0.05) is 46.2 Å². The standard InChI is InChI=1S/C14H14ClN7O2S/c1-24-12(23)10-11(15)18-14(25-10)17-8-7-16-13-19-20-21-22(13)9-5-3-2-4-6-9/h2-6H,7-8H2,1H3,(H,17,18)(H,16,19,21). The van der Waals surface area contributed by atoms with Crippen molar-refractivity contribution in [3.63, 3.8) is 0 Å². The summed E-state index contributed by atoms with van der Waals surface area (Å²) in [5.74, 6) is 0.0242. The molecule has 0 fully saturated rings. The zero-order chi connectivity index (χ0) is 17.6. The zero-order valence-corrected chi connectivity index (χ0v) is 14.7. The molecule has 0 aliphatic rings. The van der Waals surface area contributed by atoms with Gasteiger partial charge in [0.25, 0.3) is 0 Å². The Morgan fingerprint density at radius 2 is 2.04 bits per heavy atom. The molecule has 3 rings (SSSR count). The Morgan fingerprint density at radius 1 is 1.28 bits per heavy atom. The van der Waals surface area contributed by atoms with Crippen molar-refractivity contribution < 1.29 is 9.53 Å². The number of rotatable bonds is 7. The number of hydrogen-bond donors (Lipinski definition) is 2. The van der Waals surface area contributed by atoms with Crippen LogP contribution in [0.15, 0.2) is 30.3 Å².